The highest BCUT2D eigenvalue weighted by Crippen LogP contribution is 2.26. The topological polar surface area (TPSA) is 15.3 Å². The van der Waals surface area contributed by atoms with Crippen LogP contribution in [0.4, 0.5) is 0 Å². The van der Waals surface area contributed by atoms with Crippen LogP contribution in [0.3, 0.4) is 0 Å². The molecule has 1 N–H and O–H groups in total. The van der Waals surface area contributed by atoms with Crippen molar-refractivity contribution < 1.29 is 0 Å². The maximum Gasteiger partial charge on any atom is 0.0317 e. The van der Waals surface area contributed by atoms with E-state index in [4.69, 9.17) is 0 Å². The minimum atomic E-state index is 0.519. The van der Waals surface area contributed by atoms with Crippen LogP contribution in [0.25, 0.3) is 0 Å². The molecule has 1 aromatic carbocycles. The molecule has 0 bridgehead atoms. The number of likely N-dealkylation sites (tertiary alicyclic amines) is 1. The predicted octanol–water partition coefficient (Wildman–Crippen LogP) is 3.07. The summed E-state index contributed by atoms with van der Waals surface area (Å²) in [6, 6.07) is 11.3. The fourth-order valence-corrected chi connectivity index (χ4v) is 2.92. The molecule has 2 nitrogen and oxygen atoms in total. The van der Waals surface area contributed by atoms with Crippen molar-refractivity contribution in [3.63, 3.8) is 0 Å². The van der Waals surface area contributed by atoms with E-state index in [0.29, 0.717) is 6.04 Å². The van der Waals surface area contributed by atoms with Gasteiger partial charge in [-0.2, -0.15) is 0 Å². The van der Waals surface area contributed by atoms with E-state index in [2.05, 4.69) is 54.6 Å². The number of nitrogens with one attached hydrogen (secondary N) is 1. The first-order valence-electron chi connectivity index (χ1n) is 7.20. The normalized spacial score (nSPS) is 19.9. The van der Waals surface area contributed by atoms with Crippen LogP contribution in [-0.2, 0) is 0 Å². The van der Waals surface area contributed by atoms with Gasteiger partial charge in [-0.3, -0.25) is 0 Å². The van der Waals surface area contributed by atoms with Crippen molar-refractivity contribution in [2.45, 2.75) is 31.7 Å². The van der Waals surface area contributed by atoms with Crippen molar-refractivity contribution in [3.8, 4) is 0 Å². The highest BCUT2D eigenvalue weighted by molar-refractivity contribution is 5.18. The Balaban J connectivity index is 1.81. The summed E-state index contributed by atoms with van der Waals surface area (Å²) in [5.41, 5.74) is 1.42. The molecule has 0 amide bonds. The zero-order valence-corrected chi connectivity index (χ0v) is 11.7. The van der Waals surface area contributed by atoms with Gasteiger partial charge in [-0.15, -0.1) is 0 Å². The molecule has 0 spiro atoms. The Hall–Kier alpha value is -0.860. The lowest BCUT2D eigenvalue weighted by molar-refractivity contribution is 0.207. The van der Waals surface area contributed by atoms with Gasteiger partial charge < -0.3 is 10.2 Å². The summed E-state index contributed by atoms with van der Waals surface area (Å²) < 4.78 is 0. The maximum atomic E-state index is 3.46. The third kappa shape index (κ3) is 3.82. The van der Waals surface area contributed by atoms with Gasteiger partial charge in [-0.05, 0) is 64.3 Å². The lowest BCUT2D eigenvalue weighted by Crippen LogP contribution is -2.30. The zero-order valence-electron chi connectivity index (χ0n) is 11.7. The minimum Gasteiger partial charge on any atom is -0.313 e. The van der Waals surface area contributed by atoms with Gasteiger partial charge in [-0.1, -0.05) is 30.3 Å². The number of nitrogens with zero attached hydrogens (tertiary/aromatic N) is 1. The van der Waals surface area contributed by atoms with Gasteiger partial charge in [0.15, 0.2) is 0 Å². The first-order chi connectivity index (χ1) is 8.79. The van der Waals surface area contributed by atoms with Gasteiger partial charge >= 0.3 is 0 Å². The zero-order chi connectivity index (χ0) is 12.8. The average molecular weight is 246 g/mol. The second-order valence-corrected chi connectivity index (χ2v) is 5.58. The summed E-state index contributed by atoms with van der Waals surface area (Å²) in [6.45, 7) is 2.56. The monoisotopic (exact) mass is 246 g/mol. The van der Waals surface area contributed by atoms with Crippen LogP contribution in [0.15, 0.2) is 30.3 Å². The Labute approximate surface area is 111 Å². The molecule has 1 aliphatic heterocycles. The summed E-state index contributed by atoms with van der Waals surface area (Å²) in [4.78, 5) is 2.45. The number of piperidine rings is 1. The minimum absolute atomic E-state index is 0.519. The van der Waals surface area contributed by atoms with Gasteiger partial charge in [0.25, 0.3) is 0 Å². The largest absolute Gasteiger partial charge is 0.313 e. The molecule has 0 saturated carbocycles. The number of hydrogen-bond donors (Lipinski definition) is 1. The van der Waals surface area contributed by atoms with E-state index in [9.17, 15) is 0 Å². The molecule has 0 aromatic heterocycles. The molecule has 0 aliphatic carbocycles. The second kappa shape index (κ2) is 6.91. The van der Waals surface area contributed by atoms with Gasteiger partial charge in [0, 0.05) is 6.04 Å². The Morgan fingerprint density at radius 3 is 2.50 bits per heavy atom. The molecule has 100 valence electrons. The molecule has 1 atom stereocenters. The van der Waals surface area contributed by atoms with Crippen LogP contribution in [-0.4, -0.2) is 32.1 Å². The van der Waals surface area contributed by atoms with Crippen LogP contribution in [0.5, 0.6) is 0 Å². The van der Waals surface area contributed by atoms with Crippen molar-refractivity contribution in [3.05, 3.63) is 35.9 Å². The molecule has 1 aromatic rings. The van der Waals surface area contributed by atoms with E-state index in [0.717, 1.165) is 5.92 Å². The molecule has 1 saturated heterocycles. The highest BCUT2D eigenvalue weighted by atomic mass is 15.1. The molecular formula is C16H26N2. The second-order valence-electron chi connectivity index (χ2n) is 5.58. The summed E-state index contributed by atoms with van der Waals surface area (Å²) in [5, 5.41) is 3.46. The number of benzene rings is 1. The SMILES string of the molecule is CN[C@H](CCC1CCN(C)CC1)c1ccccc1. The third-order valence-corrected chi connectivity index (χ3v) is 4.25. The van der Waals surface area contributed by atoms with Crippen molar-refractivity contribution in [1.29, 1.82) is 0 Å². The van der Waals surface area contributed by atoms with Crippen LogP contribution >= 0.6 is 0 Å². The summed E-state index contributed by atoms with van der Waals surface area (Å²) in [5.74, 6) is 0.931. The quantitative estimate of drug-likeness (QED) is 0.859. The van der Waals surface area contributed by atoms with Crippen molar-refractivity contribution in [1.82, 2.24) is 10.2 Å². The number of hydrogen-bond acceptors (Lipinski definition) is 2. The van der Waals surface area contributed by atoms with Crippen LogP contribution < -0.4 is 5.32 Å². The van der Waals surface area contributed by atoms with Crippen LogP contribution in [0.1, 0.15) is 37.3 Å². The van der Waals surface area contributed by atoms with Crippen molar-refractivity contribution >= 4 is 0 Å². The molecular weight excluding hydrogens is 220 g/mol. The standard InChI is InChI=1S/C16H26N2/c1-17-16(15-6-4-3-5-7-15)9-8-14-10-12-18(2)13-11-14/h3-7,14,16-17H,8-13H2,1-2H3/t16-/m1/s1. The molecule has 2 rings (SSSR count). The fourth-order valence-electron chi connectivity index (χ4n) is 2.92. The van der Waals surface area contributed by atoms with E-state index in [1.54, 1.807) is 0 Å². The summed E-state index contributed by atoms with van der Waals surface area (Å²) in [6.07, 6.45) is 5.37. The fraction of sp³-hybridized carbons (Fsp3) is 0.625. The van der Waals surface area contributed by atoms with Crippen LogP contribution in [0, 0.1) is 5.92 Å². The first-order valence-corrected chi connectivity index (χ1v) is 7.20. The Bertz CT molecular complexity index is 328. The van der Waals surface area contributed by atoms with Gasteiger partial charge in [0.05, 0.1) is 0 Å². The molecule has 1 heterocycles. The van der Waals surface area contributed by atoms with E-state index in [-0.39, 0.29) is 0 Å². The molecule has 2 heteroatoms. The molecule has 0 unspecified atom stereocenters. The van der Waals surface area contributed by atoms with Crippen LogP contribution in [0.2, 0.25) is 0 Å². The van der Waals surface area contributed by atoms with Gasteiger partial charge in [0.1, 0.15) is 0 Å². The molecule has 1 fully saturated rings. The van der Waals surface area contributed by atoms with E-state index >= 15 is 0 Å². The lowest BCUT2D eigenvalue weighted by atomic mass is 9.89. The van der Waals surface area contributed by atoms with E-state index in [1.165, 1.54) is 44.3 Å². The Morgan fingerprint density at radius 1 is 1.22 bits per heavy atom. The average Bonchev–Trinajstić information content (AvgIpc) is 2.43. The van der Waals surface area contributed by atoms with Gasteiger partial charge in [-0.25, -0.2) is 0 Å². The Kier molecular flexibility index (Phi) is 5.21. The van der Waals surface area contributed by atoms with Crippen molar-refractivity contribution in [2.24, 2.45) is 5.92 Å². The highest BCUT2D eigenvalue weighted by Gasteiger charge is 2.18. The molecule has 1 aliphatic rings. The van der Waals surface area contributed by atoms with E-state index < -0.39 is 0 Å². The smallest absolute Gasteiger partial charge is 0.0317 e. The van der Waals surface area contributed by atoms with Crippen molar-refractivity contribution in [2.75, 3.05) is 27.2 Å². The van der Waals surface area contributed by atoms with E-state index in [1.807, 2.05) is 0 Å². The molecule has 0 radical (unpaired) electrons. The Morgan fingerprint density at radius 2 is 1.89 bits per heavy atom. The van der Waals surface area contributed by atoms with Gasteiger partial charge in [0.2, 0.25) is 0 Å². The predicted molar refractivity (Wildman–Crippen MR) is 77.7 cm³/mol. The summed E-state index contributed by atoms with van der Waals surface area (Å²) in [7, 11) is 4.31. The number of rotatable bonds is 5. The molecule has 18 heavy (non-hydrogen) atoms. The third-order valence-electron chi connectivity index (χ3n) is 4.25. The lowest BCUT2D eigenvalue weighted by Gasteiger charge is -2.30. The maximum absolute atomic E-state index is 3.46. The summed E-state index contributed by atoms with van der Waals surface area (Å²) >= 11 is 0. The first kappa shape index (κ1) is 13.6.